The number of carbonyl (C=O) groups is 1. The van der Waals surface area contributed by atoms with E-state index in [2.05, 4.69) is 0 Å². The van der Waals surface area contributed by atoms with Gasteiger partial charge in [0.2, 0.25) is 0 Å². The van der Waals surface area contributed by atoms with Crippen LogP contribution >= 0.6 is 0 Å². The summed E-state index contributed by atoms with van der Waals surface area (Å²) in [6.45, 7) is 1.95. The maximum Gasteiger partial charge on any atom is 0.310 e. The SMILES string of the molecule is CC(C(=O)O)c1ccc(COc2cccc(F)c2)cc1. The molecule has 0 spiro atoms. The summed E-state index contributed by atoms with van der Waals surface area (Å²) in [6.07, 6.45) is 0. The van der Waals surface area contributed by atoms with Crippen LogP contribution in [0.5, 0.6) is 5.75 Å². The first-order valence-electron chi connectivity index (χ1n) is 6.26. The van der Waals surface area contributed by atoms with Gasteiger partial charge in [0, 0.05) is 6.07 Å². The van der Waals surface area contributed by atoms with Gasteiger partial charge in [0.15, 0.2) is 0 Å². The van der Waals surface area contributed by atoms with Gasteiger partial charge in [0.25, 0.3) is 0 Å². The number of benzene rings is 2. The Labute approximate surface area is 116 Å². The lowest BCUT2D eigenvalue weighted by Crippen LogP contribution is -2.07. The number of hydrogen-bond donors (Lipinski definition) is 1. The Balaban J connectivity index is 1.99. The third-order valence-corrected chi connectivity index (χ3v) is 3.05. The molecule has 1 unspecified atom stereocenters. The van der Waals surface area contributed by atoms with Crippen molar-refractivity contribution in [1.82, 2.24) is 0 Å². The monoisotopic (exact) mass is 274 g/mol. The zero-order chi connectivity index (χ0) is 14.5. The van der Waals surface area contributed by atoms with Crippen molar-refractivity contribution in [3.8, 4) is 5.75 Å². The third-order valence-electron chi connectivity index (χ3n) is 3.05. The van der Waals surface area contributed by atoms with Crippen LogP contribution in [-0.2, 0) is 11.4 Å². The normalized spacial score (nSPS) is 11.9. The zero-order valence-electron chi connectivity index (χ0n) is 11.0. The molecule has 3 nitrogen and oxygen atoms in total. The second-order valence-corrected chi connectivity index (χ2v) is 4.55. The molecule has 104 valence electrons. The molecule has 2 aromatic carbocycles. The molecule has 0 fully saturated rings. The molecule has 2 rings (SSSR count). The van der Waals surface area contributed by atoms with Gasteiger partial charge in [0.1, 0.15) is 18.2 Å². The van der Waals surface area contributed by atoms with Crippen molar-refractivity contribution in [2.24, 2.45) is 0 Å². The third kappa shape index (κ3) is 3.57. The molecule has 0 aliphatic heterocycles. The van der Waals surface area contributed by atoms with Crippen LogP contribution < -0.4 is 4.74 Å². The lowest BCUT2D eigenvalue weighted by atomic mass is 10.0. The number of rotatable bonds is 5. The summed E-state index contributed by atoms with van der Waals surface area (Å²) in [5.41, 5.74) is 1.64. The molecule has 0 aromatic heterocycles. The number of carboxylic acid groups (broad SMARTS) is 1. The molecule has 0 saturated heterocycles. The van der Waals surface area contributed by atoms with E-state index in [0.29, 0.717) is 12.4 Å². The van der Waals surface area contributed by atoms with E-state index in [1.165, 1.54) is 12.1 Å². The summed E-state index contributed by atoms with van der Waals surface area (Å²) in [5, 5.41) is 8.92. The highest BCUT2D eigenvalue weighted by molar-refractivity contribution is 5.75. The number of halogens is 1. The zero-order valence-corrected chi connectivity index (χ0v) is 11.0. The Morgan fingerprint density at radius 2 is 1.95 bits per heavy atom. The molecule has 0 amide bonds. The minimum absolute atomic E-state index is 0.311. The van der Waals surface area contributed by atoms with Gasteiger partial charge in [-0.25, -0.2) is 4.39 Å². The van der Waals surface area contributed by atoms with Crippen molar-refractivity contribution in [2.75, 3.05) is 0 Å². The number of aliphatic carboxylic acids is 1. The highest BCUT2D eigenvalue weighted by Crippen LogP contribution is 2.18. The van der Waals surface area contributed by atoms with Crippen LogP contribution in [0.15, 0.2) is 48.5 Å². The van der Waals surface area contributed by atoms with E-state index in [0.717, 1.165) is 11.1 Å². The number of ether oxygens (including phenoxy) is 1. The fourth-order valence-electron chi connectivity index (χ4n) is 1.77. The van der Waals surface area contributed by atoms with Crippen molar-refractivity contribution in [3.05, 3.63) is 65.5 Å². The standard InChI is InChI=1S/C16H15FO3/c1-11(16(18)19)13-7-5-12(6-8-13)10-20-15-4-2-3-14(17)9-15/h2-9,11H,10H2,1H3,(H,18,19). The van der Waals surface area contributed by atoms with Crippen LogP contribution in [0.25, 0.3) is 0 Å². The molecular weight excluding hydrogens is 259 g/mol. The average molecular weight is 274 g/mol. The van der Waals surface area contributed by atoms with E-state index in [4.69, 9.17) is 9.84 Å². The van der Waals surface area contributed by atoms with Crippen molar-refractivity contribution in [2.45, 2.75) is 19.4 Å². The van der Waals surface area contributed by atoms with Crippen LogP contribution in [0.1, 0.15) is 24.0 Å². The van der Waals surface area contributed by atoms with Gasteiger partial charge in [-0.3, -0.25) is 4.79 Å². The van der Waals surface area contributed by atoms with Crippen LogP contribution in [-0.4, -0.2) is 11.1 Å². The van der Waals surface area contributed by atoms with Crippen molar-refractivity contribution >= 4 is 5.97 Å². The molecule has 0 bridgehead atoms. The summed E-state index contributed by atoms with van der Waals surface area (Å²) >= 11 is 0. The maximum absolute atomic E-state index is 13.0. The van der Waals surface area contributed by atoms with E-state index >= 15 is 0 Å². The smallest absolute Gasteiger partial charge is 0.310 e. The molecule has 0 radical (unpaired) electrons. The quantitative estimate of drug-likeness (QED) is 0.906. The molecule has 1 N–H and O–H groups in total. The molecular formula is C16H15FO3. The van der Waals surface area contributed by atoms with Gasteiger partial charge in [-0.1, -0.05) is 30.3 Å². The Hall–Kier alpha value is -2.36. The maximum atomic E-state index is 13.0. The minimum atomic E-state index is -0.853. The molecule has 1 atom stereocenters. The summed E-state index contributed by atoms with van der Waals surface area (Å²) in [5.74, 6) is -1.26. The molecule has 0 aliphatic carbocycles. The number of hydrogen-bond acceptors (Lipinski definition) is 2. The lowest BCUT2D eigenvalue weighted by molar-refractivity contribution is -0.138. The molecule has 0 heterocycles. The fourth-order valence-corrected chi connectivity index (χ4v) is 1.77. The second-order valence-electron chi connectivity index (χ2n) is 4.55. The summed E-state index contributed by atoms with van der Waals surface area (Å²) in [7, 11) is 0. The van der Waals surface area contributed by atoms with Crippen LogP contribution in [0.3, 0.4) is 0 Å². The van der Waals surface area contributed by atoms with Gasteiger partial charge in [-0.15, -0.1) is 0 Å². The van der Waals surface area contributed by atoms with Gasteiger partial charge in [-0.2, -0.15) is 0 Å². The topological polar surface area (TPSA) is 46.5 Å². The molecule has 2 aromatic rings. The highest BCUT2D eigenvalue weighted by Gasteiger charge is 2.12. The Morgan fingerprint density at radius 3 is 2.55 bits per heavy atom. The van der Waals surface area contributed by atoms with Gasteiger partial charge in [0.05, 0.1) is 5.92 Å². The predicted octanol–water partition coefficient (Wildman–Crippen LogP) is 3.59. The first-order chi connectivity index (χ1) is 9.56. The van der Waals surface area contributed by atoms with Crippen LogP contribution in [0.4, 0.5) is 4.39 Å². The van der Waals surface area contributed by atoms with Crippen molar-refractivity contribution in [3.63, 3.8) is 0 Å². The van der Waals surface area contributed by atoms with Crippen molar-refractivity contribution in [1.29, 1.82) is 0 Å². The largest absolute Gasteiger partial charge is 0.489 e. The fraction of sp³-hybridized carbons (Fsp3) is 0.188. The first kappa shape index (κ1) is 14.1. The first-order valence-corrected chi connectivity index (χ1v) is 6.26. The van der Waals surface area contributed by atoms with Gasteiger partial charge < -0.3 is 9.84 Å². The second kappa shape index (κ2) is 6.19. The van der Waals surface area contributed by atoms with E-state index in [1.807, 2.05) is 12.1 Å². The molecule has 4 heteroatoms. The average Bonchev–Trinajstić information content (AvgIpc) is 2.45. The summed E-state index contributed by atoms with van der Waals surface area (Å²) in [6, 6.07) is 13.1. The van der Waals surface area contributed by atoms with E-state index in [-0.39, 0.29) is 5.82 Å². The highest BCUT2D eigenvalue weighted by atomic mass is 19.1. The Kier molecular flexibility index (Phi) is 4.35. The lowest BCUT2D eigenvalue weighted by Gasteiger charge is -2.09. The predicted molar refractivity (Wildman–Crippen MR) is 73.2 cm³/mol. The van der Waals surface area contributed by atoms with E-state index in [1.54, 1.807) is 31.2 Å². The van der Waals surface area contributed by atoms with Crippen LogP contribution in [0, 0.1) is 5.82 Å². The summed E-state index contributed by atoms with van der Waals surface area (Å²) in [4.78, 5) is 10.9. The summed E-state index contributed by atoms with van der Waals surface area (Å²) < 4.78 is 18.4. The molecule has 0 aliphatic rings. The minimum Gasteiger partial charge on any atom is -0.489 e. The Morgan fingerprint density at radius 1 is 1.25 bits per heavy atom. The van der Waals surface area contributed by atoms with E-state index in [9.17, 15) is 9.18 Å². The van der Waals surface area contributed by atoms with E-state index < -0.39 is 11.9 Å². The molecule has 20 heavy (non-hydrogen) atoms. The van der Waals surface area contributed by atoms with Gasteiger partial charge >= 0.3 is 5.97 Å². The van der Waals surface area contributed by atoms with Crippen molar-refractivity contribution < 1.29 is 19.0 Å². The Bertz CT molecular complexity index is 593. The number of carboxylic acids is 1. The molecule has 0 saturated carbocycles. The van der Waals surface area contributed by atoms with Crippen LogP contribution in [0.2, 0.25) is 0 Å². The van der Waals surface area contributed by atoms with Gasteiger partial charge in [-0.05, 0) is 30.2 Å².